The molecule has 1 aromatic heterocycles. The number of benzene rings is 1. The van der Waals surface area contributed by atoms with Gasteiger partial charge in [0, 0.05) is 13.1 Å². The molecule has 3 rings (SSSR count). The number of nitrogens with one attached hydrogen (secondary N) is 2. The highest BCUT2D eigenvalue weighted by Crippen LogP contribution is 2.24. The van der Waals surface area contributed by atoms with Crippen molar-refractivity contribution in [2.24, 2.45) is 5.92 Å². The molecule has 0 radical (unpaired) electrons. The Balaban J connectivity index is 1.55. The molecule has 0 bridgehead atoms. The van der Waals surface area contributed by atoms with Crippen LogP contribution in [0, 0.1) is 5.92 Å². The number of nitrogens with zero attached hydrogens (tertiary/aromatic N) is 2. The third kappa shape index (κ3) is 6.66. The van der Waals surface area contributed by atoms with E-state index >= 15 is 0 Å². The Morgan fingerprint density at radius 2 is 1.91 bits per heavy atom. The van der Waals surface area contributed by atoms with E-state index in [4.69, 9.17) is 4.74 Å². The molecule has 0 spiro atoms. The highest BCUT2D eigenvalue weighted by Gasteiger charge is 2.33. The van der Waals surface area contributed by atoms with Crippen molar-refractivity contribution >= 4 is 12.0 Å². The number of aryl methyl sites for hydroxylation is 1. The van der Waals surface area contributed by atoms with Gasteiger partial charge in [-0.3, -0.25) is 9.48 Å². The highest BCUT2D eigenvalue weighted by molar-refractivity contribution is 5.95. The van der Waals surface area contributed by atoms with E-state index in [0.717, 1.165) is 6.42 Å². The molecular weight excluding hydrogens is 422 g/mol. The fourth-order valence-electron chi connectivity index (χ4n) is 3.38. The number of alkyl halides is 2. The number of hydrogen-bond acceptors (Lipinski definition) is 5. The van der Waals surface area contributed by atoms with Crippen molar-refractivity contribution in [1.82, 2.24) is 20.4 Å². The first-order valence-electron chi connectivity index (χ1n) is 10.4. The van der Waals surface area contributed by atoms with Gasteiger partial charge in [-0.1, -0.05) is 18.2 Å². The van der Waals surface area contributed by atoms with Gasteiger partial charge in [-0.05, 0) is 51.7 Å². The summed E-state index contributed by atoms with van der Waals surface area (Å²) in [6.07, 6.45) is -1.45. The van der Waals surface area contributed by atoms with Gasteiger partial charge in [-0.25, -0.2) is 4.79 Å². The normalized spacial score (nSPS) is 16.1. The van der Waals surface area contributed by atoms with Crippen LogP contribution in [0.1, 0.15) is 43.2 Å². The minimum atomic E-state index is -3.57. The summed E-state index contributed by atoms with van der Waals surface area (Å²) in [6, 6.07) is 7.67. The second kappa shape index (κ2) is 9.54. The molecule has 2 aromatic rings. The average Bonchev–Trinajstić information content (AvgIpc) is 3.13. The number of fused-ring (bicyclic) bond motifs is 1. The third-order valence-corrected chi connectivity index (χ3v) is 4.82. The molecule has 2 N–H and O–H groups in total. The Labute approximate surface area is 185 Å². The summed E-state index contributed by atoms with van der Waals surface area (Å²) in [5, 5.41) is 9.16. The van der Waals surface area contributed by atoms with E-state index in [-0.39, 0.29) is 17.2 Å². The van der Waals surface area contributed by atoms with Crippen LogP contribution < -0.4 is 15.4 Å². The lowest BCUT2D eigenvalue weighted by Crippen LogP contribution is -2.41. The van der Waals surface area contributed by atoms with E-state index in [1.165, 1.54) is 18.3 Å². The van der Waals surface area contributed by atoms with Gasteiger partial charge in [0.05, 0.1) is 17.5 Å². The summed E-state index contributed by atoms with van der Waals surface area (Å²) >= 11 is 0. The molecule has 0 aliphatic carbocycles. The minimum Gasteiger partial charge on any atom is -0.444 e. The molecule has 0 saturated heterocycles. The molecule has 1 atom stereocenters. The molecule has 0 saturated carbocycles. The van der Waals surface area contributed by atoms with Crippen LogP contribution in [0.4, 0.5) is 13.6 Å². The number of ether oxygens (including phenoxy) is 2. The molecule has 8 nitrogen and oxygen atoms in total. The zero-order chi connectivity index (χ0) is 23.4. The number of hydrogen-bond donors (Lipinski definition) is 2. The molecule has 2 heterocycles. The van der Waals surface area contributed by atoms with Gasteiger partial charge in [0.25, 0.3) is 5.91 Å². The van der Waals surface area contributed by atoms with Gasteiger partial charge in [0.15, 0.2) is 0 Å². The van der Waals surface area contributed by atoms with E-state index in [1.54, 1.807) is 43.7 Å². The predicted molar refractivity (Wildman–Crippen MR) is 113 cm³/mol. The number of aromatic nitrogens is 2. The molecule has 10 heteroatoms. The van der Waals surface area contributed by atoms with E-state index in [0.29, 0.717) is 25.2 Å². The van der Waals surface area contributed by atoms with Crippen molar-refractivity contribution in [3.05, 3.63) is 47.8 Å². The molecule has 1 unspecified atom stereocenters. The van der Waals surface area contributed by atoms with Crippen LogP contribution in [0.3, 0.4) is 0 Å². The zero-order valence-electron chi connectivity index (χ0n) is 18.4. The number of carbonyl (C=O) groups is 2. The number of alkyl carbamates (subject to hydrolysis) is 1. The van der Waals surface area contributed by atoms with Crippen LogP contribution in [0.15, 0.2) is 36.5 Å². The average molecular weight is 450 g/mol. The second-order valence-corrected chi connectivity index (χ2v) is 8.70. The molecular formula is C22H28F2N4O4. The van der Waals surface area contributed by atoms with E-state index < -0.39 is 30.3 Å². The number of rotatable bonds is 7. The number of amides is 2. The molecule has 0 fully saturated rings. The molecule has 1 aromatic carbocycles. The van der Waals surface area contributed by atoms with Crippen LogP contribution in [0.5, 0.6) is 5.75 Å². The summed E-state index contributed by atoms with van der Waals surface area (Å²) in [6.45, 7) is 5.32. The van der Waals surface area contributed by atoms with E-state index in [2.05, 4.69) is 20.5 Å². The largest absolute Gasteiger partial charge is 0.444 e. The molecule has 32 heavy (non-hydrogen) atoms. The first kappa shape index (κ1) is 23.5. The molecule has 1 aliphatic heterocycles. The zero-order valence-corrected chi connectivity index (χ0v) is 18.4. The van der Waals surface area contributed by atoms with Gasteiger partial charge in [-0.2, -0.15) is 13.9 Å². The second-order valence-electron chi connectivity index (χ2n) is 8.70. The lowest BCUT2D eigenvalue weighted by atomic mass is 9.94. The molecule has 2 amide bonds. The Morgan fingerprint density at radius 3 is 2.59 bits per heavy atom. The Hall–Kier alpha value is -3.17. The van der Waals surface area contributed by atoms with Crippen molar-refractivity contribution in [2.75, 3.05) is 13.1 Å². The number of carbonyl (C=O) groups excluding carboxylic acids is 2. The van der Waals surface area contributed by atoms with E-state index in [1.807, 2.05) is 0 Å². The maximum Gasteiger partial charge on any atom is 0.415 e. The summed E-state index contributed by atoms with van der Waals surface area (Å²) in [5.41, 5.74) is 0.298. The van der Waals surface area contributed by atoms with Crippen LogP contribution in [0.2, 0.25) is 0 Å². The van der Waals surface area contributed by atoms with Crippen LogP contribution in [-0.4, -0.2) is 46.6 Å². The molecule has 174 valence electrons. The van der Waals surface area contributed by atoms with Crippen molar-refractivity contribution in [1.29, 1.82) is 0 Å². The van der Waals surface area contributed by atoms with Crippen LogP contribution in [0.25, 0.3) is 0 Å². The minimum absolute atomic E-state index is 0.00925. The van der Waals surface area contributed by atoms with Crippen molar-refractivity contribution in [2.45, 2.75) is 51.9 Å². The predicted octanol–water partition coefficient (Wildman–Crippen LogP) is 3.37. The first-order chi connectivity index (χ1) is 15.0. The Morgan fingerprint density at radius 1 is 1.19 bits per heavy atom. The lowest BCUT2D eigenvalue weighted by Gasteiger charge is -2.25. The first-order valence-corrected chi connectivity index (χ1v) is 10.4. The van der Waals surface area contributed by atoms with Crippen molar-refractivity contribution in [3.8, 4) is 5.75 Å². The van der Waals surface area contributed by atoms with Crippen LogP contribution in [-0.2, 0) is 17.7 Å². The van der Waals surface area contributed by atoms with Gasteiger partial charge < -0.3 is 20.1 Å². The number of para-hydroxylation sites is 1. The van der Waals surface area contributed by atoms with Gasteiger partial charge in [-0.15, -0.1) is 0 Å². The van der Waals surface area contributed by atoms with Gasteiger partial charge in [0.1, 0.15) is 17.9 Å². The van der Waals surface area contributed by atoms with Gasteiger partial charge >= 0.3 is 12.2 Å². The van der Waals surface area contributed by atoms with Crippen molar-refractivity contribution < 1.29 is 27.8 Å². The lowest BCUT2D eigenvalue weighted by molar-refractivity contribution is -0.169. The maximum absolute atomic E-state index is 14.1. The standard InChI is InChI=1S/C22H28F2N4O4/c1-21(2,3)32-20(30)25-12-15-9-10-28-18(11-15)17(13-27-28)19(29)26-14-22(23,24)31-16-7-5-4-6-8-16/h4-8,13,15H,9-12,14H2,1-3H3,(H,25,30)(H,26,29). The SMILES string of the molecule is CC(C)(C)OC(=O)NCC1CCn2ncc(C(=O)NCC(F)(F)Oc3ccccc3)c2C1. The van der Waals surface area contributed by atoms with E-state index in [9.17, 15) is 18.4 Å². The smallest absolute Gasteiger partial charge is 0.415 e. The van der Waals surface area contributed by atoms with Gasteiger partial charge in [0.2, 0.25) is 0 Å². The Kier molecular flexibility index (Phi) is 7.00. The maximum atomic E-state index is 14.1. The third-order valence-electron chi connectivity index (χ3n) is 4.82. The summed E-state index contributed by atoms with van der Waals surface area (Å²) < 4.78 is 39.8. The van der Waals surface area contributed by atoms with Crippen molar-refractivity contribution in [3.63, 3.8) is 0 Å². The fourth-order valence-corrected chi connectivity index (χ4v) is 3.38. The highest BCUT2D eigenvalue weighted by atomic mass is 19.3. The molecule has 1 aliphatic rings. The van der Waals surface area contributed by atoms with Crippen LogP contribution >= 0.6 is 0 Å². The fraction of sp³-hybridized carbons (Fsp3) is 0.500. The summed E-state index contributed by atoms with van der Waals surface area (Å²) in [5.74, 6) is -0.570. The Bertz CT molecular complexity index is 941. The summed E-state index contributed by atoms with van der Waals surface area (Å²) in [7, 11) is 0. The monoisotopic (exact) mass is 450 g/mol. The topological polar surface area (TPSA) is 94.5 Å². The number of halogens is 2. The summed E-state index contributed by atoms with van der Waals surface area (Å²) in [4.78, 5) is 24.4. The quantitative estimate of drug-likeness (QED) is 0.675.